The molecule has 0 aromatic heterocycles. The summed E-state index contributed by atoms with van der Waals surface area (Å²) < 4.78 is 0. The summed E-state index contributed by atoms with van der Waals surface area (Å²) in [4.78, 5) is 11.5. The Balaban J connectivity index is 1.89. The van der Waals surface area contributed by atoms with E-state index in [1.165, 1.54) is 0 Å². The van der Waals surface area contributed by atoms with Crippen LogP contribution in [0, 0.1) is 11.8 Å². The van der Waals surface area contributed by atoms with Gasteiger partial charge in [-0.3, -0.25) is 4.79 Å². The number of Topliss-reactive ketones (excluding diaryl/α,β-unsaturated/α-hetero) is 1. The Morgan fingerprint density at radius 1 is 1.09 bits per heavy atom. The number of rotatable bonds is 2. The van der Waals surface area contributed by atoms with Crippen LogP contribution in [-0.4, -0.2) is 11.8 Å². The third-order valence-electron chi connectivity index (χ3n) is 2.86. The normalized spacial score (nSPS) is 37.5. The van der Waals surface area contributed by atoms with E-state index in [0.29, 0.717) is 23.7 Å². The average molecular weight is 153 g/mol. The topological polar surface area (TPSA) is 43.1 Å². The molecule has 0 amide bonds. The molecule has 2 heteroatoms. The fourth-order valence-corrected chi connectivity index (χ4v) is 1.98. The standard InChI is InChI=1S/C9H15NO/c10-8-4-3-7(5-8)9(11)6-1-2-6/h6-8H,1-5,10H2. The highest BCUT2D eigenvalue weighted by atomic mass is 16.1. The summed E-state index contributed by atoms with van der Waals surface area (Å²) in [5.74, 6) is 1.28. The van der Waals surface area contributed by atoms with Gasteiger partial charge in [0.1, 0.15) is 5.78 Å². The predicted molar refractivity (Wildman–Crippen MR) is 43.0 cm³/mol. The largest absolute Gasteiger partial charge is 0.328 e. The van der Waals surface area contributed by atoms with Crippen LogP contribution in [-0.2, 0) is 4.79 Å². The molecule has 2 unspecified atom stereocenters. The zero-order chi connectivity index (χ0) is 7.84. The number of ketones is 1. The first kappa shape index (κ1) is 7.29. The molecule has 2 aliphatic carbocycles. The SMILES string of the molecule is NC1CCC(C(=O)C2CC2)C1. The molecule has 0 heterocycles. The van der Waals surface area contributed by atoms with E-state index in [-0.39, 0.29) is 0 Å². The lowest BCUT2D eigenvalue weighted by Crippen LogP contribution is -2.18. The van der Waals surface area contributed by atoms with Gasteiger partial charge in [0.2, 0.25) is 0 Å². The highest BCUT2D eigenvalue weighted by Gasteiger charge is 2.37. The lowest BCUT2D eigenvalue weighted by Gasteiger charge is -2.05. The van der Waals surface area contributed by atoms with E-state index in [9.17, 15) is 4.79 Å². The smallest absolute Gasteiger partial charge is 0.139 e. The Labute approximate surface area is 67.1 Å². The summed E-state index contributed by atoms with van der Waals surface area (Å²) >= 11 is 0. The van der Waals surface area contributed by atoms with Crippen molar-refractivity contribution in [1.82, 2.24) is 0 Å². The van der Waals surface area contributed by atoms with E-state index < -0.39 is 0 Å². The molecule has 0 radical (unpaired) electrons. The highest BCUT2D eigenvalue weighted by molar-refractivity contribution is 5.85. The molecule has 2 N–H and O–H groups in total. The van der Waals surface area contributed by atoms with Gasteiger partial charge in [0.15, 0.2) is 0 Å². The van der Waals surface area contributed by atoms with Crippen LogP contribution in [0.1, 0.15) is 32.1 Å². The van der Waals surface area contributed by atoms with E-state index in [2.05, 4.69) is 0 Å². The van der Waals surface area contributed by atoms with Crippen molar-refractivity contribution < 1.29 is 4.79 Å². The molecule has 0 aliphatic heterocycles. The average Bonchev–Trinajstić information content (AvgIpc) is 2.74. The number of hydrogen-bond acceptors (Lipinski definition) is 2. The van der Waals surface area contributed by atoms with Crippen molar-refractivity contribution in [2.45, 2.75) is 38.1 Å². The summed E-state index contributed by atoms with van der Waals surface area (Å²) in [6.45, 7) is 0. The summed E-state index contributed by atoms with van der Waals surface area (Å²) in [6, 6.07) is 0.308. The van der Waals surface area contributed by atoms with Crippen LogP contribution < -0.4 is 5.73 Å². The van der Waals surface area contributed by atoms with Crippen LogP contribution >= 0.6 is 0 Å². The minimum atomic E-state index is 0.308. The Bertz CT molecular complexity index is 174. The van der Waals surface area contributed by atoms with Crippen LogP contribution in [0.3, 0.4) is 0 Å². The molecule has 11 heavy (non-hydrogen) atoms. The zero-order valence-corrected chi connectivity index (χ0v) is 6.75. The molecule has 2 rings (SSSR count). The third kappa shape index (κ3) is 1.45. The van der Waals surface area contributed by atoms with Gasteiger partial charge in [0.05, 0.1) is 0 Å². The van der Waals surface area contributed by atoms with Gasteiger partial charge in [-0.15, -0.1) is 0 Å². The Morgan fingerprint density at radius 2 is 1.73 bits per heavy atom. The molecule has 0 aromatic rings. The van der Waals surface area contributed by atoms with Crippen molar-refractivity contribution in [3.8, 4) is 0 Å². The van der Waals surface area contributed by atoms with Crippen LogP contribution in [0.5, 0.6) is 0 Å². The number of hydrogen-bond donors (Lipinski definition) is 1. The quantitative estimate of drug-likeness (QED) is 0.645. The van der Waals surface area contributed by atoms with Gasteiger partial charge in [-0.2, -0.15) is 0 Å². The fraction of sp³-hybridized carbons (Fsp3) is 0.889. The molecule has 2 atom stereocenters. The molecular weight excluding hydrogens is 138 g/mol. The van der Waals surface area contributed by atoms with Gasteiger partial charge in [0.25, 0.3) is 0 Å². The highest BCUT2D eigenvalue weighted by Crippen LogP contribution is 2.37. The molecule has 0 aromatic carbocycles. The van der Waals surface area contributed by atoms with Crippen molar-refractivity contribution >= 4 is 5.78 Å². The second-order valence-corrected chi connectivity index (χ2v) is 3.95. The molecule has 2 fully saturated rings. The van der Waals surface area contributed by atoms with Crippen LogP contribution in [0.15, 0.2) is 0 Å². The van der Waals surface area contributed by atoms with E-state index in [1.807, 2.05) is 0 Å². The Kier molecular flexibility index (Phi) is 1.72. The lowest BCUT2D eigenvalue weighted by molar-refractivity contribution is -0.123. The Hall–Kier alpha value is -0.370. The van der Waals surface area contributed by atoms with Gasteiger partial charge in [0, 0.05) is 17.9 Å². The Morgan fingerprint density at radius 3 is 2.18 bits per heavy atom. The maximum Gasteiger partial charge on any atom is 0.139 e. The first-order valence-corrected chi connectivity index (χ1v) is 4.56. The monoisotopic (exact) mass is 153 g/mol. The first-order valence-electron chi connectivity index (χ1n) is 4.56. The van der Waals surface area contributed by atoms with Crippen molar-refractivity contribution in [1.29, 1.82) is 0 Å². The number of nitrogens with two attached hydrogens (primary N) is 1. The fourth-order valence-electron chi connectivity index (χ4n) is 1.98. The molecule has 2 aliphatic rings. The van der Waals surface area contributed by atoms with Crippen molar-refractivity contribution in [3.05, 3.63) is 0 Å². The summed E-state index contributed by atoms with van der Waals surface area (Å²) in [6.07, 6.45) is 5.35. The van der Waals surface area contributed by atoms with Crippen molar-refractivity contribution in [3.63, 3.8) is 0 Å². The van der Waals surface area contributed by atoms with Gasteiger partial charge >= 0.3 is 0 Å². The minimum absolute atomic E-state index is 0.308. The van der Waals surface area contributed by atoms with Gasteiger partial charge in [-0.05, 0) is 32.1 Å². The third-order valence-corrected chi connectivity index (χ3v) is 2.86. The van der Waals surface area contributed by atoms with E-state index >= 15 is 0 Å². The summed E-state index contributed by atoms with van der Waals surface area (Å²) in [7, 11) is 0. The van der Waals surface area contributed by atoms with Crippen LogP contribution in [0.4, 0.5) is 0 Å². The molecule has 0 saturated heterocycles. The van der Waals surface area contributed by atoms with Crippen LogP contribution in [0.25, 0.3) is 0 Å². The summed E-state index contributed by atoms with van der Waals surface area (Å²) in [5.41, 5.74) is 5.73. The molecule has 62 valence electrons. The van der Waals surface area contributed by atoms with Crippen molar-refractivity contribution in [2.24, 2.45) is 17.6 Å². The molecular formula is C9H15NO. The lowest BCUT2D eigenvalue weighted by atomic mass is 9.99. The summed E-state index contributed by atoms with van der Waals surface area (Å²) in [5, 5.41) is 0. The maximum atomic E-state index is 11.5. The molecule has 2 saturated carbocycles. The molecule has 0 spiro atoms. The van der Waals surface area contributed by atoms with E-state index in [0.717, 1.165) is 32.1 Å². The van der Waals surface area contributed by atoms with Crippen LogP contribution in [0.2, 0.25) is 0 Å². The molecule has 2 nitrogen and oxygen atoms in total. The van der Waals surface area contributed by atoms with Gasteiger partial charge in [-0.25, -0.2) is 0 Å². The van der Waals surface area contributed by atoms with E-state index in [4.69, 9.17) is 5.73 Å². The number of carbonyl (C=O) groups excluding carboxylic acids is 1. The minimum Gasteiger partial charge on any atom is -0.328 e. The zero-order valence-electron chi connectivity index (χ0n) is 6.75. The second kappa shape index (κ2) is 2.59. The van der Waals surface area contributed by atoms with E-state index in [1.54, 1.807) is 0 Å². The van der Waals surface area contributed by atoms with Crippen molar-refractivity contribution in [2.75, 3.05) is 0 Å². The predicted octanol–water partition coefficient (Wildman–Crippen LogP) is 1.09. The second-order valence-electron chi connectivity index (χ2n) is 3.95. The maximum absolute atomic E-state index is 11.5. The van der Waals surface area contributed by atoms with Gasteiger partial charge < -0.3 is 5.73 Å². The first-order chi connectivity index (χ1) is 5.27. The van der Waals surface area contributed by atoms with Gasteiger partial charge in [-0.1, -0.05) is 0 Å². The number of carbonyl (C=O) groups is 1. The molecule has 0 bridgehead atoms.